The highest BCUT2D eigenvalue weighted by molar-refractivity contribution is 9.09. The molecule has 0 bridgehead atoms. The first-order valence-corrected chi connectivity index (χ1v) is 10.5. The summed E-state index contributed by atoms with van der Waals surface area (Å²) in [6.07, 6.45) is 1.90. The number of carbonyl (C=O) groups is 1. The van der Waals surface area contributed by atoms with Gasteiger partial charge in [0.1, 0.15) is 17.7 Å². The predicted molar refractivity (Wildman–Crippen MR) is 113 cm³/mol. The zero-order valence-electron chi connectivity index (χ0n) is 15.5. The Morgan fingerprint density at radius 1 is 1.52 bits per heavy atom. The average molecular weight is 453 g/mol. The third kappa shape index (κ3) is 4.90. The summed E-state index contributed by atoms with van der Waals surface area (Å²) in [7, 11) is 0. The molecule has 0 fully saturated rings. The molecule has 4 nitrogen and oxygen atoms in total. The number of thioether (sulfide) groups is 1. The summed E-state index contributed by atoms with van der Waals surface area (Å²) in [5.41, 5.74) is 2.08. The minimum absolute atomic E-state index is 0.243. The molecule has 0 aromatic heterocycles. The van der Waals surface area contributed by atoms with Crippen molar-refractivity contribution in [3.63, 3.8) is 0 Å². The molecule has 2 rings (SSSR count). The van der Waals surface area contributed by atoms with Crippen molar-refractivity contribution in [1.82, 2.24) is 5.32 Å². The molecule has 1 aliphatic rings. The fraction of sp³-hybridized carbons (Fsp3) is 0.300. The Labute approximate surface area is 171 Å². The van der Waals surface area contributed by atoms with E-state index in [9.17, 15) is 9.18 Å². The maximum atomic E-state index is 14.2. The number of rotatable bonds is 7. The van der Waals surface area contributed by atoms with E-state index in [4.69, 9.17) is 9.73 Å². The summed E-state index contributed by atoms with van der Waals surface area (Å²) >= 11 is 4.85. The number of hydrogen-bond donors (Lipinski definition) is 1. The Hall–Kier alpha value is -1.86. The lowest BCUT2D eigenvalue weighted by molar-refractivity contribution is -0.138. The summed E-state index contributed by atoms with van der Waals surface area (Å²) in [4.78, 5) is 18.1. The number of amidine groups is 1. The van der Waals surface area contributed by atoms with Gasteiger partial charge in [0.25, 0.3) is 0 Å². The molecule has 0 spiro atoms. The van der Waals surface area contributed by atoms with Gasteiger partial charge in [0.2, 0.25) is 0 Å². The second kappa shape index (κ2) is 9.90. The third-order valence-corrected chi connectivity index (χ3v) is 5.42. The van der Waals surface area contributed by atoms with E-state index >= 15 is 0 Å². The van der Waals surface area contributed by atoms with E-state index in [1.807, 2.05) is 18.4 Å². The number of benzene rings is 1. The van der Waals surface area contributed by atoms with Crippen LogP contribution in [0.2, 0.25) is 0 Å². The van der Waals surface area contributed by atoms with Crippen LogP contribution >= 0.6 is 27.7 Å². The number of alkyl halides is 1. The second-order valence-corrected chi connectivity index (χ2v) is 7.28. The lowest BCUT2D eigenvalue weighted by Crippen LogP contribution is -2.34. The van der Waals surface area contributed by atoms with E-state index in [-0.39, 0.29) is 12.4 Å². The van der Waals surface area contributed by atoms with Crippen LogP contribution in [0.5, 0.6) is 0 Å². The SMILES string of the molecule is C=C(S/C=C\C)C1=N[C@@H](c2cccc(F)c2C)C(C(=O)OCC)=C(CBr)N1. The number of nitrogens with one attached hydrogen (secondary N) is 1. The number of nitrogens with zero attached hydrogens (tertiary/aromatic N) is 1. The van der Waals surface area contributed by atoms with Gasteiger partial charge in [-0.2, -0.15) is 0 Å². The van der Waals surface area contributed by atoms with Crippen molar-refractivity contribution in [2.75, 3.05) is 11.9 Å². The molecule has 1 N–H and O–H groups in total. The van der Waals surface area contributed by atoms with Crippen LogP contribution < -0.4 is 5.32 Å². The van der Waals surface area contributed by atoms with E-state index in [0.717, 1.165) is 0 Å². The molecule has 7 heteroatoms. The minimum atomic E-state index is -0.675. The highest BCUT2D eigenvalue weighted by Crippen LogP contribution is 2.36. The molecule has 1 aromatic carbocycles. The zero-order valence-corrected chi connectivity index (χ0v) is 17.9. The maximum absolute atomic E-state index is 14.2. The molecule has 144 valence electrons. The fourth-order valence-electron chi connectivity index (χ4n) is 2.64. The van der Waals surface area contributed by atoms with Crippen LogP contribution in [0.3, 0.4) is 0 Å². The Kier molecular flexibility index (Phi) is 7.86. The molecule has 1 aromatic rings. The smallest absolute Gasteiger partial charge is 0.338 e. The second-order valence-electron chi connectivity index (χ2n) is 5.72. The van der Waals surface area contributed by atoms with Crippen molar-refractivity contribution < 1.29 is 13.9 Å². The molecule has 0 saturated carbocycles. The van der Waals surface area contributed by atoms with Crippen molar-refractivity contribution in [2.24, 2.45) is 4.99 Å². The largest absolute Gasteiger partial charge is 0.463 e. The van der Waals surface area contributed by atoms with Crippen LogP contribution in [0.25, 0.3) is 0 Å². The average Bonchev–Trinajstić information content (AvgIpc) is 2.67. The summed E-state index contributed by atoms with van der Waals surface area (Å²) in [5.74, 6) is -0.259. The highest BCUT2D eigenvalue weighted by atomic mass is 79.9. The number of hydrogen-bond acceptors (Lipinski definition) is 5. The molecule has 27 heavy (non-hydrogen) atoms. The van der Waals surface area contributed by atoms with E-state index < -0.39 is 12.0 Å². The first kappa shape index (κ1) is 21.4. The van der Waals surface area contributed by atoms with Crippen molar-refractivity contribution in [3.8, 4) is 0 Å². The van der Waals surface area contributed by atoms with Gasteiger partial charge in [0.15, 0.2) is 0 Å². The standard InChI is InChI=1S/C20H22BrFN2O2S/c1-5-10-27-13(4)19-23-16(11-21)17(20(25)26-6-2)18(24-19)14-8-7-9-15(22)12(14)3/h5,7-10,18H,4,6,11H2,1-3H3,(H,23,24)/b10-5-/t18-/m0/s1. The van der Waals surface area contributed by atoms with Crippen LogP contribution in [0.4, 0.5) is 4.39 Å². The van der Waals surface area contributed by atoms with Gasteiger partial charge in [-0.3, -0.25) is 4.99 Å². The van der Waals surface area contributed by atoms with Crippen LogP contribution in [-0.4, -0.2) is 23.7 Å². The first-order valence-electron chi connectivity index (χ1n) is 8.47. The number of aliphatic imine (C=N–C) groups is 1. The van der Waals surface area contributed by atoms with Gasteiger partial charge in [-0.25, -0.2) is 9.18 Å². The lowest BCUT2D eigenvalue weighted by atomic mass is 9.92. The fourth-order valence-corrected chi connectivity index (χ4v) is 3.60. The number of halogens is 2. The van der Waals surface area contributed by atoms with Crippen molar-refractivity contribution >= 4 is 39.5 Å². The molecular formula is C20H22BrFN2O2S. The van der Waals surface area contributed by atoms with Gasteiger partial charge in [-0.1, -0.05) is 52.5 Å². The Morgan fingerprint density at radius 3 is 2.89 bits per heavy atom. The van der Waals surface area contributed by atoms with Crippen molar-refractivity contribution in [1.29, 1.82) is 0 Å². The minimum Gasteiger partial charge on any atom is -0.463 e. The molecule has 0 aliphatic carbocycles. The monoisotopic (exact) mass is 452 g/mol. The molecule has 1 aliphatic heterocycles. The zero-order chi connectivity index (χ0) is 20.0. The normalized spacial score (nSPS) is 16.9. The lowest BCUT2D eigenvalue weighted by Gasteiger charge is -2.28. The van der Waals surface area contributed by atoms with Gasteiger partial charge >= 0.3 is 5.97 Å². The van der Waals surface area contributed by atoms with Gasteiger partial charge in [-0.15, -0.1) is 0 Å². The first-order chi connectivity index (χ1) is 12.9. The van der Waals surface area contributed by atoms with E-state index in [1.54, 1.807) is 26.0 Å². The Bertz CT molecular complexity index is 833. The Balaban J connectivity index is 2.60. The third-order valence-electron chi connectivity index (χ3n) is 3.97. The van der Waals surface area contributed by atoms with Gasteiger partial charge in [-0.05, 0) is 43.4 Å². The van der Waals surface area contributed by atoms with Gasteiger partial charge in [0, 0.05) is 15.9 Å². The van der Waals surface area contributed by atoms with Crippen molar-refractivity contribution in [2.45, 2.75) is 26.8 Å². The molecular weight excluding hydrogens is 431 g/mol. The number of allylic oxidation sites excluding steroid dienone is 2. The molecule has 0 radical (unpaired) electrons. The van der Waals surface area contributed by atoms with E-state index in [1.165, 1.54) is 17.8 Å². The van der Waals surface area contributed by atoms with Crippen LogP contribution in [-0.2, 0) is 9.53 Å². The summed E-state index contributed by atoms with van der Waals surface area (Å²) < 4.78 is 19.4. The summed E-state index contributed by atoms with van der Waals surface area (Å²) in [5, 5.41) is 5.46. The number of carbonyl (C=O) groups excluding carboxylic acids is 1. The maximum Gasteiger partial charge on any atom is 0.338 e. The molecule has 1 heterocycles. The van der Waals surface area contributed by atoms with Crippen LogP contribution in [0, 0.1) is 12.7 Å². The predicted octanol–water partition coefficient (Wildman–Crippen LogP) is 5.17. The summed E-state index contributed by atoms with van der Waals surface area (Å²) in [6, 6.07) is 4.12. The summed E-state index contributed by atoms with van der Waals surface area (Å²) in [6.45, 7) is 9.63. The van der Waals surface area contributed by atoms with Crippen LogP contribution in [0.1, 0.15) is 31.0 Å². The topological polar surface area (TPSA) is 50.7 Å². The quantitative estimate of drug-likeness (QED) is 0.457. The molecule has 0 unspecified atom stereocenters. The van der Waals surface area contributed by atoms with Gasteiger partial charge in [0.05, 0.1) is 12.2 Å². The van der Waals surface area contributed by atoms with E-state index in [2.05, 4.69) is 27.8 Å². The highest BCUT2D eigenvalue weighted by Gasteiger charge is 2.33. The van der Waals surface area contributed by atoms with Crippen LogP contribution in [0.15, 0.2) is 57.4 Å². The molecule has 1 atom stereocenters. The van der Waals surface area contributed by atoms with Gasteiger partial charge < -0.3 is 10.1 Å². The van der Waals surface area contributed by atoms with E-state index in [0.29, 0.717) is 38.5 Å². The number of esters is 1. The Morgan fingerprint density at radius 2 is 2.26 bits per heavy atom. The van der Waals surface area contributed by atoms with Crippen molar-refractivity contribution in [3.05, 3.63) is 69.4 Å². The molecule has 0 amide bonds. The molecule has 0 saturated heterocycles. The number of ether oxygens (including phenoxy) is 1.